The standard InChI is InChI=1S/C14H30N2/c1-4-10-15-13(2)8-5-6-11-16-12-7-9-14(16)3/h13-15H,4-12H2,1-3H3. The molecule has 1 saturated heterocycles. The fourth-order valence-electron chi connectivity index (χ4n) is 2.58. The van der Waals surface area contributed by atoms with Crippen molar-refractivity contribution >= 4 is 0 Å². The highest BCUT2D eigenvalue weighted by atomic mass is 15.2. The number of unbranched alkanes of at least 4 members (excludes halogenated alkanes) is 1. The first-order valence-corrected chi connectivity index (χ1v) is 7.21. The fourth-order valence-corrected chi connectivity index (χ4v) is 2.58. The van der Waals surface area contributed by atoms with E-state index in [0.717, 1.165) is 6.04 Å². The van der Waals surface area contributed by atoms with Gasteiger partial charge in [-0.15, -0.1) is 0 Å². The summed E-state index contributed by atoms with van der Waals surface area (Å²) in [7, 11) is 0. The third-order valence-corrected chi connectivity index (χ3v) is 3.77. The number of nitrogens with one attached hydrogen (secondary N) is 1. The molecule has 96 valence electrons. The van der Waals surface area contributed by atoms with Crippen LogP contribution >= 0.6 is 0 Å². The van der Waals surface area contributed by atoms with Crippen LogP contribution in [-0.4, -0.2) is 36.6 Å². The molecule has 0 spiro atoms. The zero-order valence-electron chi connectivity index (χ0n) is 11.5. The van der Waals surface area contributed by atoms with E-state index in [2.05, 4.69) is 31.0 Å². The summed E-state index contributed by atoms with van der Waals surface area (Å²) in [5, 5.41) is 3.56. The Morgan fingerprint density at radius 1 is 1.38 bits per heavy atom. The summed E-state index contributed by atoms with van der Waals surface area (Å²) in [5.74, 6) is 0. The molecule has 0 radical (unpaired) electrons. The molecule has 0 aromatic carbocycles. The molecule has 2 unspecified atom stereocenters. The van der Waals surface area contributed by atoms with E-state index in [9.17, 15) is 0 Å². The summed E-state index contributed by atoms with van der Waals surface area (Å²) in [6.45, 7) is 10.7. The first-order valence-electron chi connectivity index (χ1n) is 7.21. The van der Waals surface area contributed by atoms with Crippen molar-refractivity contribution in [1.82, 2.24) is 10.2 Å². The van der Waals surface area contributed by atoms with Crippen LogP contribution in [0.4, 0.5) is 0 Å². The van der Waals surface area contributed by atoms with E-state index in [1.54, 1.807) is 0 Å². The van der Waals surface area contributed by atoms with Gasteiger partial charge in [0.2, 0.25) is 0 Å². The van der Waals surface area contributed by atoms with Crippen LogP contribution in [0.1, 0.15) is 59.3 Å². The number of hydrogen-bond donors (Lipinski definition) is 1. The highest BCUT2D eigenvalue weighted by Gasteiger charge is 2.18. The first kappa shape index (κ1) is 14.0. The molecule has 2 atom stereocenters. The van der Waals surface area contributed by atoms with Gasteiger partial charge >= 0.3 is 0 Å². The summed E-state index contributed by atoms with van der Waals surface area (Å²) in [6, 6.07) is 1.55. The van der Waals surface area contributed by atoms with Gasteiger partial charge in [-0.05, 0) is 65.6 Å². The van der Waals surface area contributed by atoms with Crippen LogP contribution in [0.3, 0.4) is 0 Å². The van der Waals surface area contributed by atoms with Crippen molar-refractivity contribution in [2.45, 2.75) is 71.4 Å². The highest BCUT2D eigenvalue weighted by molar-refractivity contribution is 4.74. The zero-order chi connectivity index (χ0) is 11.8. The lowest BCUT2D eigenvalue weighted by molar-refractivity contribution is 0.261. The molecule has 1 N–H and O–H groups in total. The third-order valence-electron chi connectivity index (χ3n) is 3.77. The number of nitrogens with zero attached hydrogens (tertiary/aromatic N) is 1. The molecule has 1 aliphatic rings. The van der Waals surface area contributed by atoms with Gasteiger partial charge in [0.15, 0.2) is 0 Å². The van der Waals surface area contributed by atoms with Crippen molar-refractivity contribution < 1.29 is 0 Å². The van der Waals surface area contributed by atoms with E-state index in [-0.39, 0.29) is 0 Å². The minimum atomic E-state index is 0.705. The molecule has 0 saturated carbocycles. The van der Waals surface area contributed by atoms with Crippen molar-refractivity contribution in [1.29, 1.82) is 0 Å². The summed E-state index contributed by atoms with van der Waals surface area (Å²) in [4.78, 5) is 2.66. The third kappa shape index (κ3) is 5.31. The van der Waals surface area contributed by atoms with Gasteiger partial charge in [-0.25, -0.2) is 0 Å². The lowest BCUT2D eigenvalue weighted by atomic mass is 10.1. The molecule has 16 heavy (non-hydrogen) atoms. The van der Waals surface area contributed by atoms with Gasteiger partial charge in [0.25, 0.3) is 0 Å². The van der Waals surface area contributed by atoms with Crippen LogP contribution < -0.4 is 5.32 Å². The van der Waals surface area contributed by atoms with Crippen molar-refractivity contribution in [3.8, 4) is 0 Å². The van der Waals surface area contributed by atoms with Crippen molar-refractivity contribution in [2.75, 3.05) is 19.6 Å². The average Bonchev–Trinajstić information content (AvgIpc) is 2.67. The molecular formula is C14H30N2. The Morgan fingerprint density at radius 2 is 2.19 bits per heavy atom. The first-order chi connectivity index (χ1) is 7.74. The molecule has 0 amide bonds. The van der Waals surface area contributed by atoms with Gasteiger partial charge in [-0.1, -0.05) is 13.3 Å². The highest BCUT2D eigenvalue weighted by Crippen LogP contribution is 2.17. The number of rotatable bonds is 8. The monoisotopic (exact) mass is 226 g/mol. The van der Waals surface area contributed by atoms with E-state index >= 15 is 0 Å². The van der Waals surface area contributed by atoms with Gasteiger partial charge < -0.3 is 10.2 Å². The van der Waals surface area contributed by atoms with Crippen LogP contribution in [0.2, 0.25) is 0 Å². The summed E-state index contributed by atoms with van der Waals surface area (Å²) in [5.41, 5.74) is 0. The van der Waals surface area contributed by atoms with E-state index in [1.165, 1.54) is 58.2 Å². The topological polar surface area (TPSA) is 15.3 Å². The summed E-state index contributed by atoms with van der Waals surface area (Å²) < 4.78 is 0. The van der Waals surface area contributed by atoms with E-state index in [0.29, 0.717) is 6.04 Å². The van der Waals surface area contributed by atoms with Crippen LogP contribution in [-0.2, 0) is 0 Å². The lowest BCUT2D eigenvalue weighted by Gasteiger charge is -2.21. The van der Waals surface area contributed by atoms with Gasteiger partial charge in [0.05, 0.1) is 0 Å². The van der Waals surface area contributed by atoms with Gasteiger partial charge in [0, 0.05) is 12.1 Å². The molecule has 1 rings (SSSR count). The number of hydrogen-bond acceptors (Lipinski definition) is 2. The molecule has 0 aromatic rings. The Kier molecular flexibility index (Phi) is 7.06. The molecule has 0 aliphatic carbocycles. The van der Waals surface area contributed by atoms with Gasteiger partial charge in [-0.3, -0.25) is 0 Å². The van der Waals surface area contributed by atoms with Crippen LogP contribution in [0, 0.1) is 0 Å². The molecule has 2 heteroatoms. The molecule has 1 aliphatic heterocycles. The molecule has 1 fully saturated rings. The van der Waals surface area contributed by atoms with E-state index in [4.69, 9.17) is 0 Å². The molecule has 0 bridgehead atoms. The van der Waals surface area contributed by atoms with Crippen LogP contribution in [0.15, 0.2) is 0 Å². The molecule has 1 heterocycles. The van der Waals surface area contributed by atoms with Gasteiger partial charge in [0.1, 0.15) is 0 Å². The minimum Gasteiger partial charge on any atom is -0.314 e. The summed E-state index contributed by atoms with van der Waals surface area (Å²) >= 11 is 0. The maximum absolute atomic E-state index is 3.56. The normalized spacial score (nSPS) is 23.8. The zero-order valence-corrected chi connectivity index (χ0v) is 11.5. The number of likely N-dealkylation sites (tertiary alicyclic amines) is 1. The summed E-state index contributed by atoms with van der Waals surface area (Å²) in [6.07, 6.45) is 8.16. The second kappa shape index (κ2) is 8.08. The largest absolute Gasteiger partial charge is 0.314 e. The Hall–Kier alpha value is -0.0800. The molecule has 2 nitrogen and oxygen atoms in total. The quantitative estimate of drug-likeness (QED) is 0.640. The second-order valence-corrected chi connectivity index (χ2v) is 5.38. The maximum Gasteiger partial charge on any atom is 0.00674 e. The van der Waals surface area contributed by atoms with Crippen LogP contribution in [0.25, 0.3) is 0 Å². The maximum atomic E-state index is 3.56. The van der Waals surface area contributed by atoms with Crippen molar-refractivity contribution in [3.63, 3.8) is 0 Å². The van der Waals surface area contributed by atoms with Gasteiger partial charge in [-0.2, -0.15) is 0 Å². The Bertz CT molecular complexity index is 170. The van der Waals surface area contributed by atoms with Crippen LogP contribution in [0.5, 0.6) is 0 Å². The second-order valence-electron chi connectivity index (χ2n) is 5.38. The average molecular weight is 226 g/mol. The van der Waals surface area contributed by atoms with E-state index in [1.807, 2.05) is 0 Å². The SMILES string of the molecule is CCCNC(C)CCCCN1CCCC1C. The minimum absolute atomic E-state index is 0.705. The Labute approximate surface area is 102 Å². The van der Waals surface area contributed by atoms with E-state index < -0.39 is 0 Å². The predicted octanol–water partition coefficient (Wildman–Crippen LogP) is 3.03. The lowest BCUT2D eigenvalue weighted by Crippen LogP contribution is -2.29. The smallest absolute Gasteiger partial charge is 0.00674 e. The fraction of sp³-hybridized carbons (Fsp3) is 1.00. The Morgan fingerprint density at radius 3 is 2.81 bits per heavy atom. The Balaban J connectivity index is 1.94. The molecular weight excluding hydrogens is 196 g/mol. The van der Waals surface area contributed by atoms with Crippen molar-refractivity contribution in [3.05, 3.63) is 0 Å². The predicted molar refractivity (Wildman–Crippen MR) is 71.9 cm³/mol. The van der Waals surface area contributed by atoms with Crippen molar-refractivity contribution in [2.24, 2.45) is 0 Å². The molecule has 0 aromatic heterocycles.